The molecule has 6 heteroatoms. The number of anilines is 1. The molecule has 1 amide bonds. The summed E-state index contributed by atoms with van der Waals surface area (Å²) in [5, 5.41) is 9.94. The van der Waals surface area contributed by atoms with Crippen LogP contribution in [0.3, 0.4) is 0 Å². The Morgan fingerprint density at radius 3 is 2.62 bits per heavy atom. The number of phenols is 1. The minimum atomic E-state index is -0.226. The first-order valence-electron chi connectivity index (χ1n) is 6.97. The number of amides is 1. The molecule has 0 saturated carbocycles. The maximum Gasteiger partial charge on any atom is 0.257 e. The number of phenolic OH excluding ortho intramolecular Hbond substituents is 1. The van der Waals surface area contributed by atoms with Crippen molar-refractivity contribution in [2.24, 2.45) is 0 Å². The molecule has 0 aliphatic heterocycles. The molecule has 0 aromatic heterocycles. The quantitative estimate of drug-likeness (QED) is 0.553. The third kappa shape index (κ3) is 5.24. The van der Waals surface area contributed by atoms with E-state index < -0.39 is 0 Å². The van der Waals surface area contributed by atoms with Gasteiger partial charge in [-0.25, -0.2) is 0 Å². The van der Waals surface area contributed by atoms with Gasteiger partial charge in [0.25, 0.3) is 5.91 Å². The van der Waals surface area contributed by atoms with E-state index >= 15 is 0 Å². The molecule has 0 spiro atoms. The van der Waals surface area contributed by atoms with Gasteiger partial charge >= 0.3 is 0 Å². The van der Waals surface area contributed by atoms with Gasteiger partial charge in [0.2, 0.25) is 0 Å². The minimum Gasteiger partial charge on any atom is -0.505 e. The molecule has 0 atom stereocenters. The van der Waals surface area contributed by atoms with E-state index in [1.807, 2.05) is 14.1 Å². The molecule has 0 bridgehead atoms. The number of benzene rings is 1. The van der Waals surface area contributed by atoms with Crippen LogP contribution in [0.25, 0.3) is 0 Å². The van der Waals surface area contributed by atoms with Crippen LogP contribution in [0.15, 0.2) is 18.2 Å². The van der Waals surface area contributed by atoms with E-state index in [-0.39, 0.29) is 22.9 Å². The summed E-state index contributed by atoms with van der Waals surface area (Å²) in [5.41, 5.74) is 6.09. The summed E-state index contributed by atoms with van der Waals surface area (Å²) in [4.78, 5) is 16.3. The van der Waals surface area contributed by atoms with Crippen molar-refractivity contribution in [3.05, 3.63) is 23.8 Å². The van der Waals surface area contributed by atoms with Crippen molar-refractivity contribution in [3.8, 4) is 5.75 Å². The van der Waals surface area contributed by atoms with Gasteiger partial charge in [-0.05, 0) is 39.2 Å². The minimum absolute atomic E-state index is 0.155. The number of carbonyl (C=O) groups is 1. The Labute approximate surface area is 126 Å². The maximum absolute atomic E-state index is 12.5. The second-order valence-corrected chi connectivity index (χ2v) is 5.19. The molecule has 0 radical (unpaired) electrons. The molecular weight excluding hydrogens is 270 g/mol. The van der Waals surface area contributed by atoms with Crippen LogP contribution in [0.1, 0.15) is 16.8 Å². The molecular formula is C15H25N3O3. The zero-order chi connectivity index (χ0) is 15.8. The van der Waals surface area contributed by atoms with Gasteiger partial charge in [-0.15, -0.1) is 0 Å². The Morgan fingerprint density at radius 1 is 1.29 bits per heavy atom. The van der Waals surface area contributed by atoms with Gasteiger partial charge in [0.1, 0.15) is 0 Å². The molecule has 21 heavy (non-hydrogen) atoms. The Hall–Kier alpha value is -1.79. The fourth-order valence-electron chi connectivity index (χ4n) is 2.00. The van der Waals surface area contributed by atoms with Crippen LogP contribution in [0.5, 0.6) is 5.75 Å². The van der Waals surface area contributed by atoms with Crippen LogP contribution < -0.4 is 5.73 Å². The number of nitrogens with zero attached hydrogens (tertiary/aromatic N) is 2. The van der Waals surface area contributed by atoms with Crippen molar-refractivity contribution in [3.63, 3.8) is 0 Å². The number of rotatable bonds is 8. The van der Waals surface area contributed by atoms with Crippen LogP contribution in [0.2, 0.25) is 0 Å². The average Bonchev–Trinajstić information content (AvgIpc) is 2.44. The summed E-state index contributed by atoms with van der Waals surface area (Å²) in [6, 6.07) is 4.81. The van der Waals surface area contributed by atoms with Gasteiger partial charge in [0.15, 0.2) is 5.75 Å². The molecule has 0 unspecified atom stereocenters. The van der Waals surface area contributed by atoms with Crippen LogP contribution in [-0.4, -0.2) is 68.3 Å². The smallest absolute Gasteiger partial charge is 0.257 e. The molecule has 0 aliphatic carbocycles. The first-order chi connectivity index (χ1) is 9.97. The van der Waals surface area contributed by atoms with Crippen molar-refractivity contribution in [2.75, 3.05) is 53.2 Å². The summed E-state index contributed by atoms with van der Waals surface area (Å²) >= 11 is 0. The van der Waals surface area contributed by atoms with Crippen LogP contribution in [0, 0.1) is 0 Å². The highest BCUT2D eigenvalue weighted by Gasteiger charge is 2.19. The molecule has 1 aromatic rings. The zero-order valence-electron chi connectivity index (χ0n) is 13.0. The molecule has 6 nitrogen and oxygen atoms in total. The number of ether oxygens (including phenoxy) is 1. The number of methoxy groups -OCH3 is 1. The van der Waals surface area contributed by atoms with E-state index in [1.54, 1.807) is 30.2 Å². The lowest BCUT2D eigenvalue weighted by Gasteiger charge is -2.24. The molecule has 0 aliphatic rings. The number of aromatic hydroxyl groups is 1. The van der Waals surface area contributed by atoms with Gasteiger partial charge in [-0.2, -0.15) is 0 Å². The van der Waals surface area contributed by atoms with E-state index in [0.29, 0.717) is 19.7 Å². The van der Waals surface area contributed by atoms with Gasteiger partial charge in [-0.1, -0.05) is 6.07 Å². The summed E-state index contributed by atoms with van der Waals surface area (Å²) in [6.07, 6.45) is 0.853. The third-order valence-electron chi connectivity index (χ3n) is 3.18. The molecule has 0 saturated heterocycles. The fraction of sp³-hybridized carbons (Fsp3) is 0.533. The Balaban J connectivity index is 2.80. The second-order valence-electron chi connectivity index (χ2n) is 5.19. The van der Waals surface area contributed by atoms with Crippen LogP contribution >= 0.6 is 0 Å². The maximum atomic E-state index is 12.5. The number of hydrogen-bond donors (Lipinski definition) is 2. The summed E-state index contributed by atoms with van der Waals surface area (Å²) in [6.45, 7) is 2.43. The molecule has 0 fully saturated rings. The number of para-hydroxylation sites is 1. The molecule has 3 N–H and O–H groups in total. The van der Waals surface area contributed by atoms with Gasteiger partial charge in [0, 0.05) is 20.2 Å². The largest absolute Gasteiger partial charge is 0.505 e. The lowest BCUT2D eigenvalue weighted by atomic mass is 10.1. The fourth-order valence-corrected chi connectivity index (χ4v) is 2.00. The monoisotopic (exact) mass is 295 g/mol. The number of nitrogen functional groups attached to an aromatic ring is 1. The molecule has 0 heterocycles. The second kappa shape index (κ2) is 8.49. The molecule has 1 aromatic carbocycles. The predicted octanol–water partition coefficient (Wildman–Crippen LogP) is 1.01. The summed E-state index contributed by atoms with van der Waals surface area (Å²) in [7, 11) is 5.58. The van der Waals surface area contributed by atoms with E-state index in [1.165, 1.54) is 0 Å². The third-order valence-corrected chi connectivity index (χ3v) is 3.18. The standard InChI is InChI=1S/C15H25N3O3/c1-17(2)8-5-9-18(10-11-21-3)15(20)12-6-4-7-13(16)14(12)19/h4,6-7,19H,5,8-11,16H2,1-3H3. The topological polar surface area (TPSA) is 79.0 Å². The Kier molecular flexibility index (Phi) is 6.98. The zero-order valence-corrected chi connectivity index (χ0v) is 13.0. The van der Waals surface area contributed by atoms with Crippen LogP contribution in [0.4, 0.5) is 5.69 Å². The Bertz CT molecular complexity index is 463. The highest BCUT2D eigenvalue weighted by molar-refractivity contribution is 5.98. The molecule has 118 valence electrons. The van der Waals surface area contributed by atoms with Crippen molar-refractivity contribution in [2.45, 2.75) is 6.42 Å². The highest BCUT2D eigenvalue weighted by Crippen LogP contribution is 2.25. The highest BCUT2D eigenvalue weighted by atomic mass is 16.5. The van der Waals surface area contributed by atoms with Crippen molar-refractivity contribution >= 4 is 11.6 Å². The van der Waals surface area contributed by atoms with Crippen molar-refractivity contribution in [1.82, 2.24) is 9.80 Å². The number of nitrogens with two attached hydrogens (primary N) is 1. The SMILES string of the molecule is COCCN(CCCN(C)C)C(=O)c1cccc(N)c1O. The van der Waals surface area contributed by atoms with Gasteiger partial charge in [-0.3, -0.25) is 4.79 Å². The van der Waals surface area contributed by atoms with Crippen LogP contribution in [-0.2, 0) is 4.74 Å². The van der Waals surface area contributed by atoms with E-state index in [2.05, 4.69) is 4.90 Å². The summed E-state index contributed by atoms with van der Waals surface area (Å²) < 4.78 is 5.05. The van der Waals surface area contributed by atoms with Gasteiger partial charge in [0.05, 0.1) is 17.9 Å². The Morgan fingerprint density at radius 2 is 2.00 bits per heavy atom. The van der Waals surface area contributed by atoms with E-state index in [4.69, 9.17) is 10.5 Å². The average molecular weight is 295 g/mol. The first-order valence-corrected chi connectivity index (χ1v) is 6.97. The van der Waals surface area contributed by atoms with Crippen molar-refractivity contribution < 1.29 is 14.6 Å². The molecule has 1 rings (SSSR count). The van der Waals surface area contributed by atoms with E-state index in [0.717, 1.165) is 13.0 Å². The number of hydrogen-bond acceptors (Lipinski definition) is 5. The lowest BCUT2D eigenvalue weighted by molar-refractivity contribution is 0.0686. The van der Waals surface area contributed by atoms with Gasteiger partial charge < -0.3 is 25.4 Å². The predicted molar refractivity (Wildman–Crippen MR) is 83.5 cm³/mol. The summed E-state index contributed by atoms with van der Waals surface area (Å²) in [5.74, 6) is -0.381. The van der Waals surface area contributed by atoms with E-state index in [9.17, 15) is 9.90 Å². The van der Waals surface area contributed by atoms with Crippen molar-refractivity contribution in [1.29, 1.82) is 0 Å². The number of carbonyl (C=O) groups excluding carboxylic acids is 1. The first kappa shape index (κ1) is 17.3. The normalized spacial score (nSPS) is 10.9. The lowest BCUT2D eigenvalue weighted by Crippen LogP contribution is -2.36.